The molecule has 0 radical (unpaired) electrons. The standard InChI is InChI=1S/C19H25N5O2/c1-26-19(13-5-6-21-16(9-13)18(20)25)14-3-2-4-15(19)11-24(10-14)12-17-22-7-8-23-17/h5-9,14-15H,2-4,10-12H2,1H3,(H2,20,25)(H,22,23)/t14-,15+,19?. The molecule has 2 aromatic rings. The molecule has 138 valence electrons. The van der Waals surface area contributed by atoms with Crippen molar-refractivity contribution in [2.24, 2.45) is 17.6 Å². The molecule has 0 spiro atoms. The molecule has 1 saturated heterocycles. The molecule has 1 aliphatic heterocycles. The van der Waals surface area contributed by atoms with Gasteiger partial charge < -0.3 is 15.5 Å². The Morgan fingerprint density at radius 2 is 2.12 bits per heavy atom. The van der Waals surface area contributed by atoms with Gasteiger partial charge in [0.15, 0.2) is 0 Å². The molecule has 1 unspecified atom stereocenters. The summed E-state index contributed by atoms with van der Waals surface area (Å²) >= 11 is 0. The number of methoxy groups -OCH3 is 1. The van der Waals surface area contributed by atoms with Crippen LogP contribution >= 0.6 is 0 Å². The number of likely N-dealkylation sites (tertiary alicyclic amines) is 1. The zero-order valence-electron chi connectivity index (χ0n) is 15.0. The van der Waals surface area contributed by atoms with Crippen molar-refractivity contribution in [3.8, 4) is 0 Å². The summed E-state index contributed by atoms with van der Waals surface area (Å²) in [6.07, 6.45) is 8.74. The van der Waals surface area contributed by atoms with Gasteiger partial charge in [-0.25, -0.2) is 4.98 Å². The fourth-order valence-electron chi connectivity index (χ4n) is 4.98. The van der Waals surface area contributed by atoms with Gasteiger partial charge in [0.2, 0.25) is 0 Å². The fraction of sp³-hybridized carbons (Fsp3) is 0.526. The summed E-state index contributed by atoms with van der Waals surface area (Å²) in [5, 5.41) is 0. The number of carbonyl (C=O) groups is 1. The summed E-state index contributed by atoms with van der Waals surface area (Å²) in [6.45, 7) is 2.71. The monoisotopic (exact) mass is 355 g/mol. The van der Waals surface area contributed by atoms with E-state index in [4.69, 9.17) is 10.5 Å². The predicted octanol–water partition coefficient (Wildman–Crippen LogP) is 1.68. The van der Waals surface area contributed by atoms with Gasteiger partial charge in [-0.05, 0) is 30.5 Å². The van der Waals surface area contributed by atoms with E-state index in [2.05, 4.69) is 19.9 Å². The number of H-pyrrole nitrogens is 1. The fourth-order valence-corrected chi connectivity index (χ4v) is 4.98. The third-order valence-electron chi connectivity index (χ3n) is 6.00. The molecule has 4 rings (SSSR count). The molecular formula is C19H25N5O2. The first-order chi connectivity index (χ1) is 12.6. The van der Waals surface area contributed by atoms with Gasteiger partial charge in [0.05, 0.1) is 6.54 Å². The number of nitrogens with one attached hydrogen (secondary N) is 1. The maximum absolute atomic E-state index is 11.6. The van der Waals surface area contributed by atoms with Crippen LogP contribution in [0.5, 0.6) is 0 Å². The van der Waals surface area contributed by atoms with E-state index < -0.39 is 5.91 Å². The van der Waals surface area contributed by atoms with E-state index in [0.29, 0.717) is 17.5 Å². The van der Waals surface area contributed by atoms with E-state index in [1.54, 1.807) is 19.5 Å². The molecule has 26 heavy (non-hydrogen) atoms. The van der Waals surface area contributed by atoms with Crippen LogP contribution in [0.3, 0.4) is 0 Å². The van der Waals surface area contributed by atoms with Crippen molar-refractivity contribution < 1.29 is 9.53 Å². The van der Waals surface area contributed by atoms with Crippen LogP contribution in [0.15, 0.2) is 30.7 Å². The van der Waals surface area contributed by atoms with Crippen LogP contribution in [0.2, 0.25) is 0 Å². The van der Waals surface area contributed by atoms with Crippen LogP contribution in [0.1, 0.15) is 41.1 Å². The Morgan fingerprint density at radius 3 is 2.73 bits per heavy atom. The number of amides is 1. The van der Waals surface area contributed by atoms with Gasteiger partial charge in [0.1, 0.15) is 17.1 Å². The molecular weight excluding hydrogens is 330 g/mol. The third-order valence-corrected chi connectivity index (χ3v) is 6.00. The molecule has 1 saturated carbocycles. The number of aromatic amines is 1. The average molecular weight is 355 g/mol. The molecule has 3 atom stereocenters. The van der Waals surface area contributed by atoms with Crippen LogP contribution in [0.25, 0.3) is 0 Å². The maximum atomic E-state index is 11.6. The van der Waals surface area contributed by atoms with Crippen LogP contribution < -0.4 is 5.73 Å². The van der Waals surface area contributed by atoms with E-state index >= 15 is 0 Å². The summed E-state index contributed by atoms with van der Waals surface area (Å²) in [6, 6.07) is 3.79. The molecule has 2 aliphatic rings. The Kier molecular flexibility index (Phi) is 4.50. The number of hydrogen-bond acceptors (Lipinski definition) is 5. The molecule has 2 aromatic heterocycles. The average Bonchev–Trinajstić information content (AvgIpc) is 3.14. The minimum absolute atomic E-state index is 0.301. The van der Waals surface area contributed by atoms with Crippen molar-refractivity contribution in [3.05, 3.63) is 47.8 Å². The minimum Gasteiger partial charge on any atom is -0.373 e. The number of imidazole rings is 1. The number of aromatic nitrogens is 3. The first-order valence-corrected chi connectivity index (χ1v) is 9.15. The van der Waals surface area contributed by atoms with Gasteiger partial charge in [0, 0.05) is 50.6 Å². The lowest BCUT2D eigenvalue weighted by Crippen LogP contribution is -2.58. The van der Waals surface area contributed by atoms with Crippen LogP contribution in [0.4, 0.5) is 0 Å². The van der Waals surface area contributed by atoms with E-state index in [1.807, 2.05) is 18.3 Å². The zero-order chi connectivity index (χ0) is 18.1. The van der Waals surface area contributed by atoms with Gasteiger partial charge in [0.25, 0.3) is 5.91 Å². The molecule has 3 N–H and O–H groups in total. The number of pyridine rings is 1. The minimum atomic E-state index is -0.501. The highest BCUT2D eigenvalue weighted by molar-refractivity contribution is 5.90. The quantitative estimate of drug-likeness (QED) is 0.850. The number of ether oxygens (including phenoxy) is 1. The number of carbonyl (C=O) groups excluding carboxylic acids is 1. The Labute approximate surface area is 153 Å². The number of hydrogen-bond donors (Lipinski definition) is 2. The summed E-state index contributed by atoms with van der Waals surface area (Å²) in [7, 11) is 1.79. The van der Waals surface area contributed by atoms with Crippen molar-refractivity contribution in [1.82, 2.24) is 19.9 Å². The molecule has 1 amide bonds. The maximum Gasteiger partial charge on any atom is 0.267 e. The second-order valence-corrected chi connectivity index (χ2v) is 7.35. The SMILES string of the molecule is COC1(c2ccnc(C(N)=O)c2)[C@@H]2CCC[C@H]1CN(Cc1ncc[nH]1)C2. The van der Waals surface area contributed by atoms with Crippen LogP contribution in [-0.2, 0) is 16.9 Å². The first-order valence-electron chi connectivity index (χ1n) is 9.15. The summed E-state index contributed by atoms with van der Waals surface area (Å²) in [5.74, 6) is 1.21. The van der Waals surface area contributed by atoms with E-state index in [-0.39, 0.29) is 5.60 Å². The number of rotatable bonds is 5. The lowest BCUT2D eigenvalue weighted by atomic mass is 9.62. The Hall–Kier alpha value is -2.25. The summed E-state index contributed by atoms with van der Waals surface area (Å²) in [5.41, 5.74) is 6.39. The van der Waals surface area contributed by atoms with Crippen LogP contribution in [-0.4, -0.2) is 46.0 Å². The van der Waals surface area contributed by atoms with E-state index in [0.717, 1.165) is 43.9 Å². The van der Waals surface area contributed by atoms with Crippen molar-refractivity contribution >= 4 is 5.91 Å². The lowest BCUT2D eigenvalue weighted by molar-refractivity contribution is -0.170. The number of fused-ring (bicyclic) bond motifs is 2. The number of piperidine rings is 1. The van der Waals surface area contributed by atoms with Crippen molar-refractivity contribution in [3.63, 3.8) is 0 Å². The molecule has 7 heteroatoms. The smallest absolute Gasteiger partial charge is 0.267 e. The predicted molar refractivity (Wildman–Crippen MR) is 96.1 cm³/mol. The Morgan fingerprint density at radius 1 is 1.35 bits per heavy atom. The first kappa shape index (κ1) is 17.2. The van der Waals surface area contributed by atoms with Gasteiger partial charge in [-0.2, -0.15) is 0 Å². The van der Waals surface area contributed by atoms with Gasteiger partial charge in [-0.15, -0.1) is 0 Å². The van der Waals surface area contributed by atoms with E-state index in [1.165, 1.54) is 6.42 Å². The van der Waals surface area contributed by atoms with Gasteiger partial charge in [-0.1, -0.05) is 6.42 Å². The van der Waals surface area contributed by atoms with Crippen molar-refractivity contribution in [2.75, 3.05) is 20.2 Å². The molecule has 0 aromatic carbocycles. The second-order valence-electron chi connectivity index (χ2n) is 7.35. The molecule has 3 heterocycles. The normalized spacial score (nSPS) is 28.8. The molecule has 2 bridgehead atoms. The molecule has 2 fully saturated rings. The zero-order valence-corrected chi connectivity index (χ0v) is 15.0. The van der Waals surface area contributed by atoms with Crippen molar-refractivity contribution in [2.45, 2.75) is 31.4 Å². The highest BCUT2D eigenvalue weighted by atomic mass is 16.5. The largest absolute Gasteiger partial charge is 0.373 e. The third kappa shape index (κ3) is 2.81. The van der Waals surface area contributed by atoms with Gasteiger partial charge >= 0.3 is 0 Å². The lowest BCUT2D eigenvalue weighted by Gasteiger charge is -2.55. The van der Waals surface area contributed by atoms with E-state index in [9.17, 15) is 4.79 Å². The topological polar surface area (TPSA) is 97.1 Å². The summed E-state index contributed by atoms with van der Waals surface area (Å²) < 4.78 is 6.22. The van der Waals surface area contributed by atoms with Gasteiger partial charge in [-0.3, -0.25) is 14.7 Å². The van der Waals surface area contributed by atoms with Crippen LogP contribution in [0, 0.1) is 11.8 Å². The molecule has 1 aliphatic carbocycles. The highest BCUT2D eigenvalue weighted by Gasteiger charge is 2.53. The number of nitrogens with zero attached hydrogens (tertiary/aromatic N) is 3. The number of primary amides is 1. The summed E-state index contributed by atoms with van der Waals surface area (Å²) in [4.78, 5) is 25.7. The van der Waals surface area contributed by atoms with Crippen molar-refractivity contribution in [1.29, 1.82) is 0 Å². The second kappa shape index (κ2) is 6.81. The number of nitrogens with two attached hydrogens (primary N) is 1. The Balaban J connectivity index is 1.66. The Bertz CT molecular complexity index is 762. The molecule has 7 nitrogen and oxygen atoms in total. The highest BCUT2D eigenvalue weighted by Crippen LogP contribution is 2.51.